The van der Waals surface area contributed by atoms with Crippen LogP contribution in [0, 0.1) is 0 Å². The van der Waals surface area contributed by atoms with E-state index in [1.54, 1.807) is 0 Å². The van der Waals surface area contributed by atoms with Gasteiger partial charge in [0.2, 0.25) is 11.9 Å². The monoisotopic (exact) mass is 378 g/mol. The number of hydrogen-bond donors (Lipinski definition) is 3. The fourth-order valence-corrected chi connectivity index (χ4v) is 3.45. The molecule has 0 bridgehead atoms. The first kappa shape index (κ1) is 18.5. The third-order valence-electron chi connectivity index (χ3n) is 4.69. The Hall–Kier alpha value is -2.32. The van der Waals surface area contributed by atoms with Crippen molar-refractivity contribution >= 4 is 29.5 Å². The first-order chi connectivity index (χ1) is 12.5. The number of nitrogens with zero attached hydrogens (tertiary/aromatic N) is 4. The van der Waals surface area contributed by atoms with Crippen LogP contribution >= 0.6 is 11.6 Å². The van der Waals surface area contributed by atoms with Gasteiger partial charge in [-0.25, -0.2) is 5.10 Å². The molecule has 9 heteroatoms. The van der Waals surface area contributed by atoms with E-state index >= 15 is 0 Å². The molecule has 0 spiro atoms. The first-order valence-corrected chi connectivity index (χ1v) is 9.02. The van der Waals surface area contributed by atoms with Gasteiger partial charge >= 0.3 is 5.97 Å². The SMILES string of the molecule is Nc1nc(N2CCC(N(CCc3ccc(Cl)cc3)CC(=O)O)CC2)n[nH]1. The van der Waals surface area contributed by atoms with Crippen LogP contribution in [0.2, 0.25) is 5.02 Å². The number of benzene rings is 1. The molecule has 2 aromatic rings. The van der Waals surface area contributed by atoms with Gasteiger partial charge in [-0.2, -0.15) is 4.98 Å². The second kappa shape index (κ2) is 8.37. The summed E-state index contributed by atoms with van der Waals surface area (Å²) in [5.74, 6) is 0.106. The number of aromatic nitrogens is 3. The fraction of sp³-hybridized carbons (Fsp3) is 0.471. The van der Waals surface area contributed by atoms with Gasteiger partial charge in [-0.3, -0.25) is 9.69 Å². The van der Waals surface area contributed by atoms with Gasteiger partial charge in [0.05, 0.1) is 6.54 Å². The van der Waals surface area contributed by atoms with E-state index < -0.39 is 5.97 Å². The number of aliphatic carboxylic acids is 1. The molecule has 0 amide bonds. The van der Waals surface area contributed by atoms with Gasteiger partial charge in [0.25, 0.3) is 0 Å². The average Bonchev–Trinajstić information content (AvgIpc) is 3.06. The number of carboxylic acid groups (broad SMARTS) is 1. The van der Waals surface area contributed by atoms with Gasteiger partial charge in [-0.05, 0) is 37.0 Å². The number of aromatic amines is 1. The van der Waals surface area contributed by atoms with E-state index in [1.807, 2.05) is 24.3 Å². The van der Waals surface area contributed by atoms with Gasteiger partial charge in [0.1, 0.15) is 0 Å². The number of hydrogen-bond acceptors (Lipinski definition) is 6. The van der Waals surface area contributed by atoms with E-state index in [0.29, 0.717) is 23.5 Å². The Bertz CT molecular complexity index is 727. The van der Waals surface area contributed by atoms with Crippen molar-refractivity contribution in [3.63, 3.8) is 0 Å². The number of carbonyl (C=O) groups is 1. The lowest BCUT2D eigenvalue weighted by Gasteiger charge is -2.37. The molecule has 0 unspecified atom stereocenters. The zero-order valence-electron chi connectivity index (χ0n) is 14.4. The van der Waals surface area contributed by atoms with Crippen molar-refractivity contribution in [1.82, 2.24) is 20.1 Å². The van der Waals surface area contributed by atoms with Crippen LogP contribution in [-0.4, -0.2) is 63.4 Å². The number of carboxylic acids is 1. The minimum absolute atomic E-state index is 0.0475. The zero-order valence-corrected chi connectivity index (χ0v) is 15.2. The number of nitrogens with one attached hydrogen (secondary N) is 1. The molecule has 26 heavy (non-hydrogen) atoms. The van der Waals surface area contributed by atoms with E-state index in [1.165, 1.54) is 0 Å². The summed E-state index contributed by atoms with van der Waals surface area (Å²) < 4.78 is 0. The van der Waals surface area contributed by atoms with E-state index in [0.717, 1.165) is 37.9 Å². The lowest BCUT2D eigenvalue weighted by atomic mass is 10.0. The van der Waals surface area contributed by atoms with E-state index in [2.05, 4.69) is 25.0 Å². The molecule has 8 nitrogen and oxygen atoms in total. The van der Waals surface area contributed by atoms with Crippen LogP contribution in [0.15, 0.2) is 24.3 Å². The van der Waals surface area contributed by atoms with Gasteiger partial charge < -0.3 is 15.7 Å². The van der Waals surface area contributed by atoms with Crippen LogP contribution in [0.1, 0.15) is 18.4 Å². The molecule has 1 aromatic heterocycles. The molecule has 4 N–H and O–H groups in total. The lowest BCUT2D eigenvalue weighted by Crippen LogP contribution is -2.47. The molecule has 1 fully saturated rings. The quantitative estimate of drug-likeness (QED) is 0.671. The maximum absolute atomic E-state index is 11.3. The molecule has 1 saturated heterocycles. The Morgan fingerprint density at radius 1 is 1.35 bits per heavy atom. The Morgan fingerprint density at radius 2 is 2.04 bits per heavy atom. The molecule has 1 aliphatic heterocycles. The minimum atomic E-state index is -0.801. The number of anilines is 2. The summed E-state index contributed by atoms with van der Waals surface area (Å²) >= 11 is 5.92. The van der Waals surface area contributed by atoms with Crippen molar-refractivity contribution in [2.24, 2.45) is 0 Å². The second-order valence-corrected chi connectivity index (χ2v) is 6.92. The van der Waals surface area contributed by atoms with Crippen LogP contribution in [0.25, 0.3) is 0 Å². The molecular weight excluding hydrogens is 356 g/mol. The molecule has 0 saturated carbocycles. The predicted octanol–water partition coefficient (Wildman–Crippen LogP) is 1.64. The highest BCUT2D eigenvalue weighted by molar-refractivity contribution is 6.30. The largest absolute Gasteiger partial charge is 0.480 e. The molecule has 0 radical (unpaired) electrons. The van der Waals surface area contributed by atoms with Crippen molar-refractivity contribution in [3.8, 4) is 0 Å². The third-order valence-corrected chi connectivity index (χ3v) is 4.95. The number of halogens is 1. The summed E-state index contributed by atoms with van der Waals surface area (Å²) in [4.78, 5) is 19.6. The molecule has 1 aliphatic rings. The molecule has 0 aliphatic carbocycles. The number of H-pyrrole nitrogens is 1. The Kier molecular flexibility index (Phi) is 5.95. The highest BCUT2D eigenvalue weighted by Gasteiger charge is 2.27. The molecule has 3 rings (SSSR count). The second-order valence-electron chi connectivity index (χ2n) is 6.48. The Balaban J connectivity index is 1.57. The topological polar surface area (TPSA) is 111 Å². The van der Waals surface area contributed by atoms with Crippen molar-refractivity contribution in [3.05, 3.63) is 34.9 Å². The van der Waals surface area contributed by atoms with E-state index in [9.17, 15) is 9.90 Å². The van der Waals surface area contributed by atoms with Gasteiger partial charge in [0, 0.05) is 30.7 Å². The number of rotatable bonds is 7. The molecule has 2 heterocycles. The van der Waals surface area contributed by atoms with E-state index in [-0.39, 0.29) is 12.6 Å². The summed E-state index contributed by atoms with van der Waals surface area (Å²) in [7, 11) is 0. The summed E-state index contributed by atoms with van der Waals surface area (Å²) in [6.45, 7) is 2.30. The number of nitrogen functional groups attached to an aromatic ring is 1. The average molecular weight is 379 g/mol. The van der Waals surface area contributed by atoms with Crippen LogP contribution in [-0.2, 0) is 11.2 Å². The standard InChI is InChI=1S/C17H23ClN6O2/c18-13-3-1-12(2-4-13)5-8-24(11-15(25)26)14-6-9-23(10-7-14)17-20-16(19)21-22-17/h1-4,14H,5-11H2,(H,25,26)(H3,19,20,21,22). The summed E-state index contributed by atoms with van der Waals surface area (Å²) in [5, 5.41) is 16.7. The van der Waals surface area contributed by atoms with Gasteiger partial charge in [-0.1, -0.05) is 23.7 Å². The highest BCUT2D eigenvalue weighted by Crippen LogP contribution is 2.21. The summed E-state index contributed by atoms with van der Waals surface area (Å²) in [5.41, 5.74) is 6.73. The minimum Gasteiger partial charge on any atom is -0.480 e. The van der Waals surface area contributed by atoms with Crippen molar-refractivity contribution in [2.45, 2.75) is 25.3 Å². The Morgan fingerprint density at radius 3 is 2.62 bits per heavy atom. The Labute approximate surface area is 157 Å². The number of piperidine rings is 1. The molecule has 1 aromatic carbocycles. The molecule has 140 valence electrons. The molecular formula is C17H23ClN6O2. The highest BCUT2D eigenvalue weighted by atomic mass is 35.5. The predicted molar refractivity (Wildman–Crippen MR) is 100 cm³/mol. The maximum atomic E-state index is 11.3. The van der Waals surface area contributed by atoms with Crippen molar-refractivity contribution in [2.75, 3.05) is 36.8 Å². The van der Waals surface area contributed by atoms with Crippen LogP contribution in [0.5, 0.6) is 0 Å². The zero-order chi connectivity index (χ0) is 18.5. The van der Waals surface area contributed by atoms with Gasteiger partial charge in [0.15, 0.2) is 0 Å². The first-order valence-electron chi connectivity index (χ1n) is 8.64. The number of nitrogens with two attached hydrogens (primary N) is 1. The molecule has 0 atom stereocenters. The lowest BCUT2D eigenvalue weighted by molar-refractivity contribution is -0.139. The van der Waals surface area contributed by atoms with Crippen LogP contribution in [0.4, 0.5) is 11.9 Å². The van der Waals surface area contributed by atoms with Crippen molar-refractivity contribution in [1.29, 1.82) is 0 Å². The van der Waals surface area contributed by atoms with Gasteiger partial charge in [-0.15, -0.1) is 5.10 Å². The van der Waals surface area contributed by atoms with Crippen LogP contribution in [0.3, 0.4) is 0 Å². The summed E-state index contributed by atoms with van der Waals surface area (Å²) in [6.07, 6.45) is 2.52. The van der Waals surface area contributed by atoms with Crippen molar-refractivity contribution < 1.29 is 9.90 Å². The summed E-state index contributed by atoms with van der Waals surface area (Å²) in [6, 6.07) is 7.92. The fourth-order valence-electron chi connectivity index (χ4n) is 3.33. The smallest absolute Gasteiger partial charge is 0.317 e. The van der Waals surface area contributed by atoms with Crippen LogP contribution < -0.4 is 10.6 Å². The maximum Gasteiger partial charge on any atom is 0.317 e. The third kappa shape index (κ3) is 4.86. The van der Waals surface area contributed by atoms with E-state index in [4.69, 9.17) is 17.3 Å². The normalized spacial score (nSPS) is 15.5.